The summed E-state index contributed by atoms with van der Waals surface area (Å²) in [4.78, 5) is 15.6. The van der Waals surface area contributed by atoms with Gasteiger partial charge in [-0.3, -0.25) is 4.79 Å². The summed E-state index contributed by atoms with van der Waals surface area (Å²) in [5.74, 6) is 0.0703. The van der Waals surface area contributed by atoms with E-state index >= 15 is 0 Å². The third-order valence-electron chi connectivity index (χ3n) is 3.21. The fraction of sp³-hybridized carbons (Fsp3) is 0.400. The molecule has 0 radical (unpaired) electrons. The molecular weight excluding hydrogens is 336 g/mol. The van der Waals surface area contributed by atoms with Crippen LogP contribution >= 0.6 is 27.3 Å². The minimum atomic E-state index is 0.0703. The third-order valence-corrected chi connectivity index (χ3v) is 4.58. The van der Waals surface area contributed by atoms with Crippen LogP contribution < -0.4 is 0 Å². The molecule has 5 heteroatoms. The Hall–Kier alpha value is -1.07. The maximum atomic E-state index is 12.5. The molecule has 2 aromatic rings. The van der Waals surface area contributed by atoms with Gasteiger partial charge >= 0.3 is 0 Å². The molecular formula is C15H19BrN2OS. The molecule has 0 aromatic carbocycles. The maximum absolute atomic E-state index is 12.5. The molecule has 2 aromatic heterocycles. The number of rotatable bonds is 5. The van der Waals surface area contributed by atoms with E-state index in [2.05, 4.69) is 41.2 Å². The van der Waals surface area contributed by atoms with Crippen molar-refractivity contribution < 1.29 is 4.79 Å². The second-order valence-electron chi connectivity index (χ2n) is 5.10. The molecule has 20 heavy (non-hydrogen) atoms. The van der Waals surface area contributed by atoms with Gasteiger partial charge in [0.25, 0.3) is 5.91 Å². The van der Waals surface area contributed by atoms with Gasteiger partial charge in [-0.1, -0.05) is 6.07 Å². The molecule has 0 aliphatic rings. The SMILES string of the molecule is CC(C)n1cc(Br)cc1C(=O)N(C)CCc1cccs1. The van der Waals surface area contributed by atoms with Crippen molar-refractivity contribution in [1.29, 1.82) is 0 Å². The zero-order valence-electron chi connectivity index (χ0n) is 12.0. The van der Waals surface area contributed by atoms with Crippen molar-refractivity contribution in [3.8, 4) is 0 Å². The number of halogens is 1. The Morgan fingerprint density at radius 2 is 2.25 bits per heavy atom. The van der Waals surface area contributed by atoms with Crippen LogP contribution in [0, 0.1) is 0 Å². The number of hydrogen-bond donors (Lipinski definition) is 0. The van der Waals surface area contributed by atoms with Gasteiger partial charge in [0, 0.05) is 35.2 Å². The highest BCUT2D eigenvalue weighted by molar-refractivity contribution is 9.10. The number of amides is 1. The fourth-order valence-electron chi connectivity index (χ4n) is 2.07. The predicted octanol–water partition coefficient (Wildman–Crippen LogP) is 4.21. The Balaban J connectivity index is 2.06. The van der Waals surface area contributed by atoms with E-state index in [1.807, 2.05) is 29.9 Å². The van der Waals surface area contributed by atoms with E-state index in [1.54, 1.807) is 16.2 Å². The molecule has 2 rings (SSSR count). The molecule has 0 spiro atoms. The number of likely N-dealkylation sites (N-methyl/N-ethyl adjacent to an activating group) is 1. The average molecular weight is 355 g/mol. The lowest BCUT2D eigenvalue weighted by atomic mass is 10.3. The van der Waals surface area contributed by atoms with E-state index in [9.17, 15) is 4.79 Å². The number of hydrogen-bond acceptors (Lipinski definition) is 2. The van der Waals surface area contributed by atoms with Crippen LogP contribution in [-0.4, -0.2) is 29.0 Å². The summed E-state index contributed by atoms with van der Waals surface area (Å²) in [7, 11) is 1.86. The lowest BCUT2D eigenvalue weighted by Crippen LogP contribution is -2.30. The van der Waals surface area contributed by atoms with E-state index in [4.69, 9.17) is 0 Å². The van der Waals surface area contributed by atoms with Crippen LogP contribution in [-0.2, 0) is 6.42 Å². The first-order valence-electron chi connectivity index (χ1n) is 6.64. The number of nitrogens with zero attached hydrogens (tertiary/aromatic N) is 2. The number of carbonyl (C=O) groups excluding carboxylic acids is 1. The van der Waals surface area contributed by atoms with Crippen molar-refractivity contribution in [2.75, 3.05) is 13.6 Å². The van der Waals surface area contributed by atoms with Gasteiger partial charge in [0.2, 0.25) is 0 Å². The molecule has 1 amide bonds. The molecule has 0 atom stereocenters. The van der Waals surface area contributed by atoms with Crippen molar-refractivity contribution >= 4 is 33.2 Å². The molecule has 0 fully saturated rings. The number of thiophene rings is 1. The first-order chi connectivity index (χ1) is 9.49. The third kappa shape index (κ3) is 3.52. The molecule has 0 saturated heterocycles. The molecule has 0 unspecified atom stereocenters. The van der Waals surface area contributed by atoms with Crippen molar-refractivity contribution in [3.05, 3.63) is 44.8 Å². The highest BCUT2D eigenvalue weighted by atomic mass is 79.9. The Morgan fingerprint density at radius 1 is 1.50 bits per heavy atom. The van der Waals surface area contributed by atoms with E-state index < -0.39 is 0 Å². The van der Waals surface area contributed by atoms with Crippen molar-refractivity contribution in [2.24, 2.45) is 0 Å². The van der Waals surface area contributed by atoms with Gasteiger partial charge in [0.05, 0.1) is 0 Å². The van der Waals surface area contributed by atoms with Gasteiger partial charge < -0.3 is 9.47 Å². The van der Waals surface area contributed by atoms with Crippen LogP contribution in [0.2, 0.25) is 0 Å². The summed E-state index contributed by atoms with van der Waals surface area (Å²) in [6.07, 6.45) is 2.87. The van der Waals surface area contributed by atoms with Crippen molar-refractivity contribution in [1.82, 2.24) is 9.47 Å². The minimum Gasteiger partial charge on any atom is -0.340 e. The summed E-state index contributed by atoms with van der Waals surface area (Å²) < 4.78 is 2.95. The largest absolute Gasteiger partial charge is 0.340 e. The summed E-state index contributed by atoms with van der Waals surface area (Å²) >= 11 is 5.18. The van der Waals surface area contributed by atoms with Gasteiger partial charge in [0.15, 0.2) is 0 Å². The van der Waals surface area contributed by atoms with Crippen LogP contribution in [0.15, 0.2) is 34.2 Å². The van der Waals surface area contributed by atoms with Gasteiger partial charge in [-0.05, 0) is 53.7 Å². The van der Waals surface area contributed by atoms with Crippen LogP contribution in [0.25, 0.3) is 0 Å². The lowest BCUT2D eigenvalue weighted by Gasteiger charge is -2.19. The Kier molecular flexibility index (Phi) is 5.05. The number of aromatic nitrogens is 1. The predicted molar refractivity (Wildman–Crippen MR) is 87.5 cm³/mol. The first kappa shape index (κ1) is 15.3. The summed E-state index contributed by atoms with van der Waals surface area (Å²) in [6.45, 7) is 4.89. The Morgan fingerprint density at radius 3 is 2.85 bits per heavy atom. The molecule has 2 heterocycles. The quantitative estimate of drug-likeness (QED) is 0.789. The second-order valence-corrected chi connectivity index (χ2v) is 7.05. The molecule has 0 saturated carbocycles. The normalized spacial score (nSPS) is 11.1. The van der Waals surface area contributed by atoms with Gasteiger partial charge in [-0.2, -0.15) is 0 Å². The molecule has 0 N–H and O–H groups in total. The second kappa shape index (κ2) is 6.59. The van der Waals surface area contributed by atoms with Crippen LogP contribution in [0.5, 0.6) is 0 Å². The average Bonchev–Trinajstić information content (AvgIpc) is 3.03. The molecule has 0 aliphatic carbocycles. The zero-order chi connectivity index (χ0) is 14.7. The monoisotopic (exact) mass is 354 g/mol. The minimum absolute atomic E-state index is 0.0703. The van der Waals surface area contributed by atoms with E-state index in [0.29, 0.717) is 0 Å². The summed E-state index contributed by atoms with van der Waals surface area (Å²) in [5.41, 5.74) is 0.737. The Labute approximate surface area is 132 Å². The zero-order valence-corrected chi connectivity index (χ0v) is 14.4. The van der Waals surface area contributed by atoms with E-state index in [1.165, 1.54) is 4.88 Å². The highest BCUT2D eigenvalue weighted by Gasteiger charge is 2.18. The molecule has 3 nitrogen and oxygen atoms in total. The molecule has 108 valence electrons. The summed E-state index contributed by atoms with van der Waals surface area (Å²) in [6, 6.07) is 6.31. The van der Waals surface area contributed by atoms with E-state index in [-0.39, 0.29) is 11.9 Å². The van der Waals surface area contributed by atoms with Crippen molar-refractivity contribution in [3.63, 3.8) is 0 Å². The Bertz CT molecular complexity index is 575. The smallest absolute Gasteiger partial charge is 0.270 e. The fourth-order valence-corrected chi connectivity index (χ4v) is 3.21. The highest BCUT2D eigenvalue weighted by Crippen LogP contribution is 2.20. The molecule has 0 bridgehead atoms. The van der Waals surface area contributed by atoms with Crippen LogP contribution in [0.3, 0.4) is 0 Å². The molecule has 0 aliphatic heterocycles. The lowest BCUT2D eigenvalue weighted by molar-refractivity contribution is 0.0784. The van der Waals surface area contributed by atoms with Gasteiger partial charge in [0.1, 0.15) is 5.69 Å². The van der Waals surface area contributed by atoms with Crippen LogP contribution in [0.4, 0.5) is 0 Å². The van der Waals surface area contributed by atoms with Crippen molar-refractivity contribution in [2.45, 2.75) is 26.3 Å². The topological polar surface area (TPSA) is 25.2 Å². The van der Waals surface area contributed by atoms with Gasteiger partial charge in [-0.15, -0.1) is 11.3 Å². The standard InChI is InChI=1S/C15H19BrN2OS/c1-11(2)18-10-12(16)9-14(18)15(19)17(3)7-6-13-5-4-8-20-13/h4-5,8-11H,6-7H2,1-3H3. The maximum Gasteiger partial charge on any atom is 0.270 e. The summed E-state index contributed by atoms with van der Waals surface area (Å²) in [5, 5.41) is 2.07. The number of carbonyl (C=O) groups is 1. The first-order valence-corrected chi connectivity index (χ1v) is 8.31. The van der Waals surface area contributed by atoms with E-state index in [0.717, 1.165) is 23.1 Å². The van der Waals surface area contributed by atoms with Crippen LogP contribution in [0.1, 0.15) is 35.3 Å². The van der Waals surface area contributed by atoms with Gasteiger partial charge in [-0.25, -0.2) is 0 Å².